The Balaban J connectivity index is 2.28. The molecule has 0 aliphatic rings. The highest BCUT2D eigenvalue weighted by Crippen LogP contribution is 2.24. The van der Waals surface area contributed by atoms with Gasteiger partial charge in [-0.1, -0.05) is 82.7 Å². The summed E-state index contributed by atoms with van der Waals surface area (Å²) in [7, 11) is 1.32. The number of nitrogens with two attached hydrogens (primary N) is 1. The van der Waals surface area contributed by atoms with Gasteiger partial charge in [-0.05, 0) is 30.4 Å². The van der Waals surface area contributed by atoms with Gasteiger partial charge in [0.1, 0.15) is 0 Å². The van der Waals surface area contributed by atoms with Crippen LogP contribution < -0.4 is 5.73 Å². The number of hydrogen-bond donors (Lipinski definition) is 1. The minimum absolute atomic E-state index is 0.285. The van der Waals surface area contributed by atoms with Crippen LogP contribution in [0.25, 0.3) is 0 Å². The van der Waals surface area contributed by atoms with Gasteiger partial charge in [-0.3, -0.25) is 0 Å². The van der Waals surface area contributed by atoms with Gasteiger partial charge in [0.15, 0.2) is 0 Å². The molecule has 27 heavy (non-hydrogen) atoms. The molecule has 0 radical (unpaired) electrons. The Kier molecular flexibility index (Phi) is 10.3. The van der Waals surface area contributed by atoms with Gasteiger partial charge in [-0.15, -0.1) is 0 Å². The predicted octanol–water partition coefficient (Wildman–Crippen LogP) is 6.62. The van der Waals surface area contributed by atoms with Crippen LogP contribution in [-0.4, -0.2) is 13.1 Å². The van der Waals surface area contributed by atoms with E-state index in [2.05, 4.69) is 32.6 Å². The van der Waals surface area contributed by atoms with Crippen LogP contribution in [0.3, 0.4) is 0 Å². The molecule has 0 saturated heterocycles. The number of esters is 1. The maximum atomic E-state index is 11.7. The SMILES string of the molecule is COC(=O)c1cc(C#CCCCCCCCCCC(C)(C)C)c(N)cc1Cl. The third-order valence-corrected chi connectivity index (χ3v) is 4.81. The van der Waals surface area contributed by atoms with E-state index in [1.54, 1.807) is 12.1 Å². The van der Waals surface area contributed by atoms with Crippen molar-refractivity contribution < 1.29 is 9.53 Å². The van der Waals surface area contributed by atoms with Gasteiger partial charge in [-0.2, -0.15) is 0 Å². The van der Waals surface area contributed by atoms with Crippen LogP contribution in [-0.2, 0) is 4.74 Å². The highest BCUT2D eigenvalue weighted by Gasteiger charge is 2.13. The Hall–Kier alpha value is -1.66. The fraction of sp³-hybridized carbons (Fsp3) is 0.609. The molecule has 3 nitrogen and oxygen atoms in total. The Labute approximate surface area is 170 Å². The van der Waals surface area contributed by atoms with Crippen LogP contribution in [0.15, 0.2) is 12.1 Å². The summed E-state index contributed by atoms with van der Waals surface area (Å²) in [5.41, 5.74) is 7.80. The van der Waals surface area contributed by atoms with Crippen LogP contribution >= 0.6 is 11.6 Å². The molecular formula is C23H34ClNO2. The molecule has 0 saturated carbocycles. The molecule has 0 unspecified atom stereocenters. The second-order valence-electron chi connectivity index (χ2n) is 8.25. The molecule has 0 heterocycles. The molecule has 0 fully saturated rings. The molecule has 0 aromatic heterocycles. The Morgan fingerprint density at radius 1 is 1.07 bits per heavy atom. The van der Waals surface area contributed by atoms with Gasteiger partial charge in [0, 0.05) is 17.7 Å². The van der Waals surface area contributed by atoms with Gasteiger partial charge in [-0.25, -0.2) is 4.79 Å². The van der Waals surface area contributed by atoms with Crippen molar-refractivity contribution in [1.29, 1.82) is 0 Å². The summed E-state index contributed by atoms with van der Waals surface area (Å²) in [6, 6.07) is 3.16. The second kappa shape index (κ2) is 11.9. The van der Waals surface area contributed by atoms with Crippen LogP contribution in [0.2, 0.25) is 5.02 Å². The summed E-state index contributed by atoms with van der Waals surface area (Å²) < 4.78 is 4.72. The lowest BCUT2D eigenvalue weighted by molar-refractivity contribution is 0.0601. The monoisotopic (exact) mass is 391 g/mol. The highest BCUT2D eigenvalue weighted by atomic mass is 35.5. The first kappa shape index (κ1) is 23.4. The Morgan fingerprint density at radius 3 is 2.26 bits per heavy atom. The van der Waals surface area contributed by atoms with Crippen molar-refractivity contribution in [3.05, 3.63) is 28.3 Å². The van der Waals surface area contributed by atoms with Gasteiger partial charge in [0.2, 0.25) is 0 Å². The zero-order valence-electron chi connectivity index (χ0n) is 17.3. The molecule has 1 aromatic carbocycles. The molecule has 2 N–H and O–H groups in total. The number of methoxy groups -OCH3 is 1. The summed E-state index contributed by atoms with van der Waals surface area (Å²) >= 11 is 6.03. The smallest absolute Gasteiger partial charge is 0.339 e. The van der Waals surface area contributed by atoms with Crippen molar-refractivity contribution in [1.82, 2.24) is 0 Å². The average molecular weight is 392 g/mol. The topological polar surface area (TPSA) is 52.3 Å². The largest absolute Gasteiger partial charge is 0.465 e. The molecule has 0 atom stereocenters. The number of anilines is 1. The maximum absolute atomic E-state index is 11.7. The molecule has 0 spiro atoms. The first-order valence-corrected chi connectivity index (χ1v) is 10.3. The lowest BCUT2D eigenvalue weighted by atomic mass is 9.89. The fourth-order valence-electron chi connectivity index (χ4n) is 2.87. The number of carbonyl (C=O) groups excluding carboxylic acids is 1. The van der Waals surface area contributed by atoms with Crippen LogP contribution in [0.5, 0.6) is 0 Å². The molecule has 0 bridgehead atoms. The highest BCUT2D eigenvalue weighted by molar-refractivity contribution is 6.34. The van der Waals surface area contributed by atoms with Crippen LogP contribution in [0.1, 0.15) is 94.5 Å². The summed E-state index contributed by atoms with van der Waals surface area (Å²) in [5, 5.41) is 0.285. The average Bonchev–Trinajstić information content (AvgIpc) is 2.59. The van der Waals surface area contributed by atoms with E-state index in [9.17, 15) is 4.79 Å². The van der Waals surface area contributed by atoms with E-state index in [0.29, 0.717) is 22.2 Å². The van der Waals surface area contributed by atoms with Crippen molar-refractivity contribution in [2.75, 3.05) is 12.8 Å². The van der Waals surface area contributed by atoms with E-state index in [4.69, 9.17) is 22.1 Å². The van der Waals surface area contributed by atoms with E-state index >= 15 is 0 Å². The third-order valence-electron chi connectivity index (χ3n) is 4.50. The molecule has 1 rings (SSSR count). The second-order valence-corrected chi connectivity index (χ2v) is 8.66. The number of unbranched alkanes of at least 4 members (excludes halogenated alkanes) is 7. The van der Waals surface area contributed by atoms with E-state index in [1.165, 1.54) is 52.1 Å². The molecule has 0 aliphatic carbocycles. The number of halogens is 1. The third kappa shape index (κ3) is 9.73. The van der Waals surface area contributed by atoms with Gasteiger partial charge in [0.05, 0.1) is 17.7 Å². The van der Waals surface area contributed by atoms with Crippen molar-refractivity contribution in [3.8, 4) is 11.8 Å². The first-order valence-electron chi connectivity index (χ1n) is 9.91. The number of hydrogen-bond acceptors (Lipinski definition) is 3. The minimum Gasteiger partial charge on any atom is -0.465 e. The van der Waals surface area contributed by atoms with Crippen molar-refractivity contribution in [2.45, 2.75) is 78.6 Å². The summed E-state index contributed by atoms with van der Waals surface area (Å²) in [4.78, 5) is 11.7. The zero-order valence-corrected chi connectivity index (χ0v) is 18.0. The van der Waals surface area contributed by atoms with Gasteiger partial charge in [0.25, 0.3) is 0 Å². The molecular weight excluding hydrogens is 358 g/mol. The Bertz CT molecular complexity index is 665. The number of carbonyl (C=O) groups is 1. The quantitative estimate of drug-likeness (QED) is 0.223. The van der Waals surface area contributed by atoms with Crippen LogP contribution in [0, 0.1) is 17.3 Å². The van der Waals surface area contributed by atoms with Crippen molar-refractivity contribution in [3.63, 3.8) is 0 Å². The summed E-state index contributed by atoms with van der Waals surface area (Å²) in [6.07, 6.45) is 11.0. The summed E-state index contributed by atoms with van der Waals surface area (Å²) in [6.45, 7) is 6.92. The lowest BCUT2D eigenvalue weighted by Crippen LogP contribution is -2.04. The molecule has 150 valence electrons. The number of nitrogen functional groups attached to an aromatic ring is 1. The number of rotatable bonds is 9. The molecule has 1 aromatic rings. The standard InChI is InChI=1S/C23H34ClNO2/c1-23(2,3)15-13-11-9-7-5-6-8-10-12-14-18-16-19(22(26)27-4)20(24)17-21(18)25/h16-17H,5-11,13,15,25H2,1-4H3. The van der Waals surface area contributed by atoms with E-state index < -0.39 is 5.97 Å². The van der Waals surface area contributed by atoms with Crippen molar-refractivity contribution >= 4 is 23.3 Å². The van der Waals surface area contributed by atoms with Crippen molar-refractivity contribution in [2.24, 2.45) is 5.41 Å². The molecule has 4 heteroatoms. The number of benzene rings is 1. The minimum atomic E-state index is -0.481. The molecule has 0 aliphatic heterocycles. The normalized spacial score (nSPS) is 11.0. The zero-order chi connectivity index (χ0) is 20.3. The summed E-state index contributed by atoms with van der Waals surface area (Å²) in [5.74, 6) is 5.72. The van der Waals surface area contributed by atoms with E-state index in [1.807, 2.05) is 0 Å². The number of ether oxygens (including phenoxy) is 1. The van der Waals surface area contributed by atoms with E-state index in [0.717, 1.165) is 12.8 Å². The lowest BCUT2D eigenvalue weighted by Gasteiger charge is -2.17. The van der Waals surface area contributed by atoms with Gasteiger partial charge < -0.3 is 10.5 Å². The fourth-order valence-corrected chi connectivity index (χ4v) is 3.12. The predicted molar refractivity (Wildman–Crippen MR) is 115 cm³/mol. The molecule has 0 amide bonds. The maximum Gasteiger partial charge on any atom is 0.339 e. The first-order chi connectivity index (χ1) is 12.7. The van der Waals surface area contributed by atoms with E-state index in [-0.39, 0.29) is 5.02 Å². The van der Waals surface area contributed by atoms with Gasteiger partial charge >= 0.3 is 5.97 Å². The van der Waals surface area contributed by atoms with Crippen LogP contribution in [0.4, 0.5) is 5.69 Å². The Morgan fingerprint density at radius 2 is 1.67 bits per heavy atom.